The van der Waals surface area contributed by atoms with E-state index in [0.717, 1.165) is 0 Å². The van der Waals surface area contributed by atoms with Gasteiger partial charge in [-0.05, 0) is 37.6 Å². The molecule has 2 N–H and O–H groups in total. The zero-order chi connectivity index (χ0) is 16.3. The number of aliphatic hydroxyl groups is 1. The molecule has 0 unspecified atom stereocenters. The molecule has 0 fully saturated rings. The van der Waals surface area contributed by atoms with Gasteiger partial charge in [-0.25, -0.2) is 14.0 Å². The van der Waals surface area contributed by atoms with Gasteiger partial charge in [-0.2, -0.15) is 5.10 Å². The lowest BCUT2D eigenvalue weighted by Crippen LogP contribution is -2.32. The number of rotatable bonds is 5. The number of carbonyl (C=O) groups is 1. The van der Waals surface area contributed by atoms with E-state index in [1.807, 2.05) is 6.92 Å². The van der Waals surface area contributed by atoms with Crippen molar-refractivity contribution in [2.45, 2.75) is 39.3 Å². The lowest BCUT2D eigenvalue weighted by atomic mass is 10.1. The normalized spacial score (nSPS) is 13.6. The molecule has 0 radical (unpaired) electrons. The Labute approximate surface area is 128 Å². The maximum atomic E-state index is 12.4. The molecular weight excluding hydrogens is 284 g/mol. The predicted molar refractivity (Wildman–Crippen MR) is 83.1 cm³/mol. The largest absolute Gasteiger partial charge is 0.391 e. The number of nitrogens with one attached hydrogen (secondary N) is 1. The van der Waals surface area contributed by atoms with E-state index < -0.39 is 6.10 Å². The van der Waals surface area contributed by atoms with Crippen LogP contribution in [0.2, 0.25) is 0 Å². The van der Waals surface area contributed by atoms with E-state index in [-0.39, 0.29) is 17.6 Å². The first-order valence-electron chi connectivity index (χ1n) is 7.16. The van der Waals surface area contributed by atoms with Gasteiger partial charge in [-0.3, -0.25) is 4.79 Å². The Balaban J connectivity index is 2.32. The number of aromatic nitrogens is 3. The molecular formula is C15H20N4O3. The highest BCUT2D eigenvalue weighted by Gasteiger charge is 2.19. The quantitative estimate of drug-likeness (QED) is 0.872. The zero-order valence-corrected chi connectivity index (χ0v) is 12.9. The van der Waals surface area contributed by atoms with Crippen LogP contribution in [0.4, 0.5) is 5.69 Å². The Morgan fingerprint density at radius 3 is 2.50 bits per heavy atom. The van der Waals surface area contributed by atoms with E-state index in [4.69, 9.17) is 0 Å². The Bertz CT molecular complexity index is 700. The van der Waals surface area contributed by atoms with Crippen molar-refractivity contribution >= 4 is 11.6 Å². The number of nitrogens with zero attached hydrogens (tertiary/aromatic N) is 3. The van der Waals surface area contributed by atoms with Crippen molar-refractivity contribution in [2.24, 2.45) is 0 Å². The van der Waals surface area contributed by atoms with Crippen LogP contribution in [0.3, 0.4) is 0 Å². The Morgan fingerprint density at radius 2 is 2.00 bits per heavy atom. The molecule has 7 heteroatoms. The molecule has 1 aromatic carbocycles. The molecule has 0 spiro atoms. The first kappa shape index (κ1) is 16.0. The smallest absolute Gasteiger partial charge is 0.350 e. The third-order valence-electron chi connectivity index (χ3n) is 3.45. The fourth-order valence-electron chi connectivity index (χ4n) is 2.35. The van der Waals surface area contributed by atoms with Gasteiger partial charge < -0.3 is 10.4 Å². The van der Waals surface area contributed by atoms with E-state index in [2.05, 4.69) is 10.4 Å². The maximum Gasteiger partial charge on any atom is 0.350 e. The van der Waals surface area contributed by atoms with Crippen molar-refractivity contribution in [3.05, 3.63) is 41.1 Å². The molecule has 22 heavy (non-hydrogen) atoms. The minimum Gasteiger partial charge on any atom is -0.391 e. The fourth-order valence-corrected chi connectivity index (χ4v) is 2.35. The minimum absolute atomic E-state index is 0.152. The average molecular weight is 304 g/mol. The Morgan fingerprint density at radius 1 is 1.36 bits per heavy atom. The fraction of sp³-hybridized carbons (Fsp3) is 0.400. The molecule has 2 aromatic rings. The first-order valence-corrected chi connectivity index (χ1v) is 7.16. The van der Waals surface area contributed by atoms with Gasteiger partial charge in [0.25, 0.3) is 0 Å². The maximum absolute atomic E-state index is 12.4. The highest BCUT2D eigenvalue weighted by molar-refractivity contribution is 5.88. The average Bonchev–Trinajstić information content (AvgIpc) is 2.82. The molecule has 7 nitrogen and oxygen atoms in total. The lowest BCUT2D eigenvalue weighted by molar-refractivity contribution is -0.114. The number of aliphatic hydroxyl groups excluding tert-OH is 1. The summed E-state index contributed by atoms with van der Waals surface area (Å²) in [4.78, 5) is 23.4. The molecule has 0 saturated carbocycles. The van der Waals surface area contributed by atoms with Gasteiger partial charge in [-0.1, -0.05) is 6.92 Å². The summed E-state index contributed by atoms with van der Waals surface area (Å²) in [5.41, 5.74) is 0.998. The molecule has 0 aliphatic carbocycles. The molecule has 118 valence electrons. The van der Waals surface area contributed by atoms with Crippen molar-refractivity contribution in [1.82, 2.24) is 14.3 Å². The van der Waals surface area contributed by atoms with E-state index in [1.165, 1.54) is 22.5 Å². The summed E-state index contributed by atoms with van der Waals surface area (Å²) in [5, 5.41) is 16.5. The van der Waals surface area contributed by atoms with Crippen LogP contribution in [0.25, 0.3) is 5.69 Å². The molecule has 1 heterocycles. The van der Waals surface area contributed by atoms with Gasteiger partial charge in [0.2, 0.25) is 5.91 Å². The van der Waals surface area contributed by atoms with Crippen LogP contribution in [-0.4, -0.2) is 31.5 Å². The monoisotopic (exact) mass is 304 g/mol. The van der Waals surface area contributed by atoms with Crippen LogP contribution in [0.15, 0.2) is 35.4 Å². The molecule has 2 atom stereocenters. The van der Waals surface area contributed by atoms with Crippen molar-refractivity contribution < 1.29 is 9.90 Å². The Kier molecular flexibility index (Phi) is 4.77. The van der Waals surface area contributed by atoms with Crippen LogP contribution in [0.5, 0.6) is 0 Å². The van der Waals surface area contributed by atoms with Crippen molar-refractivity contribution in [2.75, 3.05) is 5.32 Å². The topological polar surface area (TPSA) is 89.2 Å². The van der Waals surface area contributed by atoms with E-state index in [1.54, 1.807) is 31.2 Å². The minimum atomic E-state index is -0.659. The van der Waals surface area contributed by atoms with Gasteiger partial charge in [0.15, 0.2) is 0 Å². The number of amides is 1. The summed E-state index contributed by atoms with van der Waals surface area (Å²) < 4.78 is 2.70. The first-order chi connectivity index (χ1) is 10.4. The van der Waals surface area contributed by atoms with Gasteiger partial charge in [0.05, 0.1) is 17.8 Å². The van der Waals surface area contributed by atoms with Crippen LogP contribution in [-0.2, 0) is 4.79 Å². The SMILES string of the molecule is CC[C@@H]([C@H](C)O)n1ncn(-c2ccc(NC(C)=O)cc2)c1=O. The summed E-state index contributed by atoms with van der Waals surface area (Å²) >= 11 is 0. The number of benzene rings is 1. The number of hydrogen-bond acceptors (Lipinski definition) is 4. The van der Waals surface area contributed by atoms with Crippen LogP contribution in [0.1, 0.15) is 33.2 Å². The van der Waals surface area contributed by atoms with Crippen molar-refractivity contribution in [3.8, 4) is 5.69 Å². The highest BCUT2D eigenvalue weighted by Crippen LogP contribution is 2.15. The summed E-state index contributed by atoms with van der Waals surface area (Å²) in [5.74, 6) is -0.152. The molecule has 0 bridgehead atoms. The summed E-state index contributed by atoms with van der Waals surface area (Å²) in [7, 11) is 0. The molecule has 0 aliphatic heterocycles. The zero-order valence-electron chi connectivity index (χ0n) is 12.9. The lowest BCUT2D eigenvalue weighted by Gasteiger charge is -2.16. The molecule has 0 saturated heterocycles. The Hall–Kier alpha value is -2.41. The second kappa shape index (κ2) is 6.57. The van der Waals surface area contributed by atoms with Gasteiger partial charge >= 0.3 is 5.69 Å². The van der Waals surface area contributed by atoms with Crippen LogP contribution >= 0.6 is 0 Å². The second-order valence-corrected chi connectivity index (χ2v) is 5.17. The highest BCUT2D eigenvalue weighted by atomic mass is 16.3. The van der Waals surface area contributed by atoms with E-state index >= 15 is 0 Å². The van der Waals surface area contributed by atoms with Crippen LogP contribution < -0.4 is 11.0 Å². The third-order valence-corrected chi connectivity index (χ3v) is 3.45. The van der Waals surface area contributed by atoms with Gasteiger partial charge in [-0.15, -0.1) is 0 Å². The van der Waals surface area contributed by atoms with Crippen LogP contribution in [0, 0.1) is 0 Å². The number of anilines is 1. The second-order valence-electron chi connectivity index (χ2n) is 5.17. The molecule has 0 aliphatic rings. The standard InChI is InChI=1S/C15H20N4O3/c1-4-14(10(2)20)19-15(22)18(9-16-19)13-7-5-12(6-8-13)17-11(3)21/h5-10,14,20H,4H2,1-3H3,(H,17,21)/t10-,14-/m0/s1. The van der Waals surface area contributed by atoms with E-state index in [0.29, 0.717) is 17.8 Å². The predicted octanol–water partition coefficient (Wildman–Crippen LogP) is 1.32. The van der Waals surface area contributed by atoms with Gasteiger partial charge in [0, 0.05) is 12.6 Å². The van der Waals surface area contributed by atoms with Crippen molar-refractivity contribution in [1.29, 1.82) is 0 Å². The number of carbonyl (C=O) groups excluding carboxylic acids is 1. The summed E-state index contributed by atoms with van der Waals surface area (Å²) in [6.45, 7) is 4.97. The summed E-state index contributed by atoms with van der Waals surface area (Å²) in [6, 6.07) is 6.52. The van der Waals surface area contributed by atoms with Crippen molar-refractivity contribution in [3.63, 3.8) is 0 Å². The molecule has 2 rings (SSSR count). The van der Waals surface area contributed by atoms with E-state index in [9.17, 15) is 14.7 Å². The third kappa shape index (κ3) is 3.25. The molecule has 1 amide bonds. The molecule has 1 aromatic heterocycles. The van der Waals surface area contributed by atoms with Gasteiger partial charge in [0.1, 0.15) is 6.33 Å². The number of hydrogen-bond donors (Lipinski definition) is 2. The summed E-state index contributed by atoms with van der Waals surface area (Å²) in [6.07, 6.45) is 1.38.